The van der Waals surface area contributed by atoms with Gasteiger partial charge in [0.2, 0.25) is 11.8 Å². The molecule has 0 spiro atoms. The molecule has 0 saturated carbocycles. The van der Waals surface area contributed by atoms with E-state index in [4.69, 9.17) is 4.74 Å². The number of ether oxygens (including phenoxy) is 1. The first kappa shape index (κ1) is 32.0. The summed E-state index contributed by atoms with van der Waals surface area (Å²) in [4.78, 5) is 40.1. The predicted octanol–water partition coefficient (Wildman–Crippen LogP) is 5.25. The lowest BCUT2D eigenvalue weighted by molar-refractivity contribution is -0.157. The average molecular weight is 569 g/mol. The number of hydrogen-bond donors (Lipinski definition) is 3. The zero-order valence-electron chi connectivity index (χ0n) is 24.0. The predicted molar refractivity (Wildman–Crippen MR) is 164 cm³/mol. The minimum absolute atomic E-state index is 0.0889. The van der Waals surface area contributed by atoms with Crippen LogP contribution in [0, 0.1) is 11.8 Å². The zero-order chi connectivity index (χ0) is 30.3. The van der Waals surface area contributed by atoms with Crippen molar-refractivity contribution in [3.8, 4) is 0 Å². The second-order valence-electron chi connectivity index (χ2n) is 10.2. The number of carbonyl (C=O) groups is 3. The molecule has 0 bridgehead atoms. The van der Waals surface area contributed by atoms with Crippen LogP contribution in [0.4, 0.5) is 0 Å². The molecule has 0 aliphatic heterocycles. The second-order valence-corrected chi connectivity index (χ2v) is 10.2. The van der Waals surface area contributed by atoms with Crippen LogP contribution in [0.15, 0.2) is 116 Å². The Morgan fingerprint density at radius 1 is 0.786 bits per heavy atom. The summed E-state index contributed by atoms with van der Waals surface area (Å²) in [6, 6.07) is 26.6. The van der Waals surface area contributed by atoms with Crippen LogP contribution in [-0.2, 0) is 25.5 Å². The highest BCUT2D eigenvalue weighted by molar-refractivity contribution is 6.00. The Labute approximate surface area is 248 Å². The molecule has 0 aromatic heterocycles. The third kappa shape index (κ3) is 9.28. The van der Waals surface area contributed by atoms with Crippen LogP contribution in [0.2, 0.25) is 0 Å². The number of aliphatic hydroxyl groups excluding tert-OH is 1. The van der Waals surface area contributed by atoms with Gasteiger partial charge in [-0.2, -0.15) is 0 Å². The minimum atomic E-state index is -1.10. The summed E-state index contributed by atoms with van der Waals surface area (Å²) in [6.07, 6.45) is 3.42. The Kier molecular flexibility index (Phi) is 12.7. The summed E-state index contributed by atoms with van der Waals surface area (Å²) in [6.45, 7) is 8.94. The van der Waals surface area contributed by atoms with E-state index >= 15 is 0 Å². The van der Waals surface area contributed by atoms with Crippen LogP contribution in [-0.4, -0.2) is 35.5 Å². The molecule has 7 heteroatoms. The Balaban J connectivity index is 1.77. The van der Waals surface area contributed by atoms with Crippen LogP contribution in [0.1, 0.15) is 48.6 Å². The molecule has 7 nitrogen and oxygen atoms in total. The SMILES string of the molecule is C=CCC(C(=O)N[C@@H](CO)c1ccccc1)C(=O)N[C@H](C)[C@@H](OC(=O)[C@@H](CC=C)Cc1ccccc1)c1ccccc1. The first-order chi connectivity index (χ1) is 20.4. The van der Waals surface area contributed by atoms with Crippen molar-refractivity contribution in [1.29, 1.82) is 0 Å². The number of aliphatic hydroxyl groups is 1. The molecular formula is C35H40N2O5. The van der Waals surface area contributed by atoms with Crippen LogP contribution in [0.5, 0.6) is 0 Å². The molecule has 0 saturated heterocycles. The van der Waals surface area contributed by atoms with Gasteiger partial charge in [0.1, 0.15) is 12.0 Å². The molecule has 1 unspecified atom stereocenters. The maximum absolute atomic E-state index is 13.5. The van der Waals surface area contributed by atoms with E-state index in [1.54, 1.807) is 25.1 Å². The molecule has 2 amide bonds. The molecule has 0 heterocycles. The van der Waals surface area contributed by atoms with Gasteiger partial charge in [-0.25, -0.2) is 0 Å². The van der Waals surface area contributed by atoms with E-state index in [1.165, 1.54) is 6.08 Å². The van der Waals surface area contributed by atoms with Crippen molar-refractivity contribution in [2.75, 3.05) is 6.61 Å². The fourth-order valence-corrected chi connectivity index (χ4v) is 4.78. The molecular weight excluding hydrogens is 528 g/mol. The van der Waals surface area contributed by atoms with Gasteiger partial charge in [-0.3, -0.25) is 14.4 Å². The van der Waals surface area contributed by atoms with E-state index in [1.807, 2.05) is 78.9 Å². The normalized spacial score (nSPS) is 14.3. The maximum atomic E-state index is 13.5. The van der Waals surface area contributed by atoms with Gasteiger partial charge >= 0.3 is 5.97 Å². The number of carbonyl (C=O) groups excluding carboxylic acids is 3. The zero-order valence-corrected chi connectivity index (χ0v) is 24.0. The van der Waals surface area contributed by atoms with Crippen LogP contribution in [0.3, 0.4) is 0 Å². The third-order valence-electron chi connectivity index (χ3n) is 7.04. The number of hydrogen-bond acceptors (Lipinski definition) is 5. The lowest BCUT2D eigenvalue weighted by atomic mass is 9.95. The van der Waals surface area contributed by atoms with Crippen molar-refractivity contribution in [1.82, 2.24) is 10.6 Å². The molecule has 3 rings (SSSR count). The highest BCUT2D eigenvalue weighted by Gasteiger charge is 2.33. The minimum Gasteiger partial charge on any atom is -0.455 e. The third-order valence-corrected chi connectivity index (χ3v) is 7.04. The molecule has 0 fully saturated rings. The fraction of sp³-hybridized carbons (Fsp3) is 0.286. The van der Waals surface area contributed by atoms with Crippen molar-refractivity contribution in [3.05, 3.63) is 133 Å². The number of benzene rings is 3. The molecule has 5 atom stereocenters. The van der Waals surface area contributed by atoms with Gasteiger partial charge in [0.15, 0.2) is 0 Å². The van der Waals surface area contributed by atoms with E-state index < -0.39 is 47.8 Å². The second kappa shape index (κ2) is 16.7. The molecule has 3 aromatic rings. The quantitative estimate of drug-likeness (QED) is 0.124. The van der Waals surface area contributed by atoms with E-state index in [0.717, 1.165) is 11.1 Å². The van der Waals surface area contributed by atoms with Crippen molar-refractivity contribution >= 4 is 17.8 Å². The Morgan fingerprint density at radius 2 is 1.31 bits per heavy atom. The van der Waals surface area contributed by atoms with E-state index in [9.17, 15) is 19.5 Å². The number of nitrogens with one attached hydrogen (secondary N) is 2. The summed E-state index contributed by atoms with van der Waals surface area (Å²) >= 11 is 0. The van der Waals surface area contributed by atoms with Crippen molar-refractivity contribution < 1.29 is 24.2 Å². The highest BCUT2D eigenvalue weighted by Crippen LogP contribution is 2.26. The van der Waals surface area contributed by atoms with Gasteiger partial charge in [0.25, 0.3) is 0 Å². The average Bonchev–Trinajstić information content (AvgIpc) is 3.02. The Morgan fingerprint density at radius 3 is 1.86 bits per heavy atom. The smallest absolute Gasteiger partial charge is 0.310 e. The summed E-state index contributed by atoms with van der Waals surface area (Å²) in [5.41, 5.74) is 2.44. The monoisotopic (exact) mass is 568 g/mol. The maximum Gasteiger partial charge on any atom is 0.310 e. The van der Waals surface area contributed by atoms with Gasteiger partial charge in [0, 0.05) is 0 Å². The van der Waals surface area contributed by atoms with Gasteiger partial charge in [-0.15, -0.1) is 13.2 Å². The Hall–Kier alpha value is -4.49. The van der Waals surface area contributed by atoms with Crippen LogP contribution < -0.4 is 10.6 Å². The van der Waals surface area contributed by atoms with Gasteiger partial charge < -0.3 is 20.5 Å². The largest absolute Gasteiger partial charge is 0.455 e. The van der Waals surface area contributed by atoms with Crippen LogP contribution >= 0.6 is 0 Å². The first-order valence-electron chi connectivity index (χ1n) is 14.2. The highest BCUT2D eigenvalue weighted by atomic mass is 16.5. The number of amides is 2. The van der Waals surface area contributed by atoms with Crippen molar-refractivity contribution in [3.63, 3.8) is 0 Å². The topological polar surface area (TPSA) is 105 Å². The van der Waals surface area contributed by atoms with E-state index in [-0.39, 0.29) is 13.0 Å². The molecule has 0 radical (unpaired) electrons. The van der Waals surface area contributed by atoms with Gasteiger partial charge in [0.05, 0.1) is 24.6 Å². The van der Waals surface area contributed by atoms with Gasteiger partial charge in [-0.05, 0) is 42.9 Å². The molecule has 42 heavy (non-hydrogen) atoms. The summed E-state index contributed by atoms with van der Waals surface area (Å²) in [5, 5.41) is 15.6. The Bertz CT molecular complexity index is 1300. The molecule has 3 aromatic carbocycles. The standard InChI is InChI=1S/C35H40N2O5/c1-4-15-29(23-26-17-9-6-10-18-26)35(41)42-32(28-21-13-8-14-22-28)25(3)36-33(39)30(16-5-2)34(40)37-31(24-38)27-19-11-7-12-20-27/h4-14,17-22,25,29-32,38H,1-2,15-16,23-24H2,3H3,(H,36,39)(H,37,40)/t25-,29+,30?,31+,32-/m1/s1. The molecule has 220 valence electrons. The van der Waals surface area contributed by atoms with E-state index in [0.29, 0.717) is 18.4 Å². The molecule has 0 aliphatic carbocycles. The number of rotatable bonds is 16. The molecule has 0 aliphatic rings. The van der Waals surface area contributed by atoms with Crippen LogP contribution in [0.25, 0.3) is 0 Å². The van der Waals surface area contributed by atoms with Crippen molar-refractivity contribution in [2.45, 2.75) is 44.4 Å². The summed E-state index contributed by atoms with van der Waals surface area (Å²) < 4.78 is 6.07. The number of esters is 1. The lowest BCUT2D eigenvalue weighted by Gasteiger charge is -2.29. The summed E-state index contributed by atoms with van der Waals surface area (Å²) in [7, 11) is 0. The first-order valence-corrected chi connectivity index (χ1v) is 14.2. The van der Waals surface area contributed by atoms with Crippen molar-refractivity contribution in [2.24, 2.45) is 11.8 Å². The molecule has 3 N–H and O–H groups in total. The lowest BCUT2D eigenvalue weighted by Crippen LogP contribution is -2.47. The van der Waals surface area contributed by atoms with Gasteiger partial charge in [-0.1, -0.05) is 103 Å². The fourth-order valence-electron chi connectivity index (χ4n) is 4.78. The van der Waals surface area contributed by atoms with E-state index in [2.05, 4.69) is 23.8 Å². The number of allylic oxidation sites excluding steroid dienone is 2. The summed E-state index contributed by atoms with van der Waals surface area (Å²) in [5.74, 6) is -3.02.